The largest absolute Gasteiger partial charge is 0.316 e. The van der Waals surface area contributed by atoms with E-state index >= 15 is 0 Å². The van der Waals surface area contributed by atoms with Crippen molar-refractivity contribution in [2.75, 3.05) is 13.1 Å². The lowest BCUT2D eigenvalue weighted by molar-refractivity contribution is 0.492. The van der Waals surface area contributed by atoms with E-state index in [1.165, 1.54) is 12.8 Å². The van der Waals surface area contributed by atoms with Gasteiger partial charge in [-0.25, -0.2) is 9.67 Å². The number of unbranched alkanes of at least 4 members (excludes halogenated alkanes) is 1. The van der Waals surface area contributed by atoms with Crippen molar-refractivity contribution in [3.8, 4) is 0 Å². The van der Waals surface area contributed by atoms with Gasteiger partial charge in [-0.1, -0.05) is 13.8 Å². The van der Waals surface area contributed by atoms with Gasteiger partial charge in [0.25, 0.3) is 0 Å². The van der Waals surface area contributed by atoms with Crippen molar-refractivity contribution < 1.29 is 0 Å². The van der Waals surface area contributed by atoms with Gasteiger partial charge in [0.15, 0.2) is 0 Å². The number of aryl methyl sites for hydroxylation is 1. The molecule has 0 spiro atoms. The Morgan fingerprint density at radius 3 is 2.65 bits per heavy atom. The third-order valence-electron chi connectivity index (χ3n) is 2.69. The molecule has 17 heavy (non-hydrogen) atoms. The number of aromatic nitrogens is 3. The standard InChI is InChI=1S/C13H26N4/c1-11(2)9-14-8-6-5-7-13-15-10-16-17(13)12(3)4/h10-12,14H,5-9H2,1-4H3. The molecule has 0 fully saturated rings. The molecule has 1 heterocycles. The van der Waals surface area contributed by atoms with E-state index in [2.05, 4.69) is 43.1 Å². The quantitative estimate of drug-likeness (QED) is 0.707. The van der Waals surface area contributed by atoms with Gasteiger partial charge < -0.3 is 5.32 Å². The summed E-state index contributed by atoms with van der Waals surface area (Å²) in [6.07, 6.45) is 5.07. The van der Waals surface area contributed by atoms with Crippen LogP contribution in [0.25, 0.3) is 0 Å². The van der Waals surface area contributed by atoms with Crippen LogP contribution in [0.1, 0.15) is 52.4 Å². The second kappa shape index (κ2) is 7.43. The molecule has 1 aromatic rings. The molecular weight excluding hydrogens is 212 g/mol. The normalized spacial score (nSPS) is 11.6. The molecule has 4 nitrogen and oxygen atoms in total. The third-order valence-corrected chi connectivity index (χ3v) is 2.69. The van der Waals surface area contributed by atoms with Crippen molar-refractivity contribution in [1.29, 1.82) is 0 Å². The Hall–Kier alpha value is -0.900. The molecule has 4 heteroatoms. The zero-order chi connectivity index (χ0) is 12.7. The Morgan fingerprint density at radius 1 is 1.24 bits per heavy atom. The number of nitrogens with zero attached hydrogens (tertiary/aromatic N) is 3. The smallest absolute Gasteiger partial charge is 0.138 e. The molecule has 0 amide bonds. The summed E-state index contributed by atoms with van der Waals surface area (Å²) in [4.78, 5) is 4.31. The highest BCUT2D eigenvalue weighted by molar-refractivity contribution is 4.86. The molecule has 0 atom stereocenters. The zero-order valence-corrected chi connectivity index (χ0v) is 11.6. The molecule has 0 aliphatic carbocycles. The second-order valence-corrected chi connectivity index (χ2v) is 5.27. The van der Waals surface area contributed by atoms with Gasteiger partial charge >= 0.3 is 0 Å². The average molecular weight is 238 g/mol. The lowest BCUT2D eigenvalue weighted by Gasteiger charge is -2.09. The van der Waals surface area contributed by atoms with Gasteiger partial charge in [-0.15, -0.1) is 0 Å². The van der Waals surface area contributed by atoms with Crippen molar-refractivity contribution in [2.24, 2.45) is 5.92 Å². The van der Waals surface area contributed by atoms with E-state index in [1.807, 2.05) is 4.68 Å². The molecule has 1 rings (SSSR count). The van der Waals surface area contributed by atoms with Crippen LogP contribution >= 0.6 is 0 Å². The molecule has 1 N–H and O–H groups in total. The molecule has 0 saturated carbocycles. The van der Waals surface area contributed by atoms with Crippen LogP contribution in [0.2, 0.25) is 0 Å². The number of hydrogen-bond donors (Lipinski definition) is 1. The van der Waals surface area contributed by atoms with Gasteiger partial charge in [-0.2, -0.15) is 5.10 Å². The minimum atomic E-state index is 0.409. The van der Waals surface area contributed by atoms with Gasteiger partial charge in [0.1, 0.15) is 12.2 Å². The van der Waals surface area contributed by atoms with E-state index in [9.17, 15) is 0 Å². The predicted molar refractivity (Wildman–Crippen MR) is 71.1 cm³/mol. The lowest BCUT2D eigenvalue weighted by Crippen LogP contribution is -2.20. The summed E-state index contributed by atoms with van der Waals surface area (Å²) < 4.78 is 2.02. The highest BCUT2D eigenvalue weighted by atomic mass is 15.3. The SMILES string of the molecule is CC(C)CNCCCCc1ncnn1C(C)C. The van der Waals surface area contributed by atoms with E-state index in [0.29, 0.717) is 6.04 Å². The summed E-state index contributed by atoms with van der Waals surface area (Å²) in [5.74, 6) is 1.85. The first-order valence-corrected chi connectivity index (χ1v) is 6.70. The minimum Gasteiger partial charge on any atom is -0.316 e. The molecule has 0 saturated heterocycles. The van der Waals surface area contributed by atoms with Crippen LogP contribution in [0.15, 0.2) is 6.33 Å². The van der Waals surface area contributed by atoms with Crippen LogP contribution in [0.4, 0.5) is 0 Å². The Morgan fingerprint density at radius 2 is 2.00 bits per heavy atom. The van der Waals surface area contributed by atoms with Crippen molar-refractivity contribution in [2.45, 2.75) is 53.0 Å². The molecule has 0 unspecified atom stereocenters. The van der Waals surface area contributed by atoms with Gasteiger partial charge in [0.05, 0.1) is 0 Å². The summed E-state index contributed by atoms with van der Waals surface area (Å²) in [7, 11) is 0. The maximum absolute atomic E-state index is 4.31. The highest BCUT2D eigenvalue weighted by Gasteiger charge is 2.06. The minimum absolute atomic E-state index is 0.409. The Kier molecular flexibility index (Phi) is 6.19. The summed E-state index contributed by atoms with van der Waals surface area (Å²) in [5.41, 5.74) is 0. The molecular formula is C13H26N4. The second-order valence-electron chi connectivity index (χ2n) is 5.27. The maximum atomic E-state index is 4.31. The first-order chi connectivity index (χ1) is 8.11. The van der Waals surface area contributed by atoms with Crippen molar-refractivity contribution in [3.63, 3.8) is 0 Å². The Labute approximate surface area is 105 Å². The molecule has 1 aromatic heterocycles. The summed E-state index contributed by atoms with van der Waals surface area (Å²) in [6, 6.07) is 0.409. The highest BCUT2D eigenvalue weighted by Crippen LogP contribution is 2.07. The Bertz CT molecular complexity index is 304. The number of nitrogens with one attached hydrogen (secondary N) is 1. The fraction of sp³-hybridized carbons (Fsp3) is 0.846. The van der Waals surface area contributed by atoms with Gasteiger partial charge in [-0.05, 0) is 45.7 Å². The van der Waals surface area contributed by atoms with E-state index in [4.69, 9.17) is 0 Å². The third kappa shape index (κ3) is 5.31. The lowest BCUT2D eigenvalue weighted by atomic mass is 10.2. The number of hydrogen-bond acceptors (Lipinski definition) is 3. The van der Waals surface area contributed by atoms with Crippen LogP contribution < -0.4 is 5.32 Å². The van der Waals surface area contributed by atoms with Crippen molar-refractivity contribution >= 4 is 0 Å². The first kappa shape index (κ1) is 14.2. The van der Waals surface area contributed by atoms with Gasteiger partial charge in [0.2, 0.25) is 0 Å². The van der Waals surface area contributed by atoms with Crippen LogP contribution in [0, 0.1) is 5.92 Å². The fourth-order valence-corrected chi connectivity index (χ4v) is 1.81. The summed E-state index contributed by atoms with van der Waals surface area (Å²) >= 11 is 0. The molecule has 98 valence electrons. The first-order valence-electron chi connectivity index (χ1n) is 6.70. The molecule has 0 bridgehead atoms. The monoisotopic (exact) mass is 238 g/mol. The molecule has 0 radical (unpaired) electrons. The maximum Gasteiger partial charge on any atom is 0.138 e. The predicted octanol–water partition coefficient (Wildman–Crippen LogP) is 2.43. The van der Waals surface area contributed by atoms with Gasteiger partial charge in [0, 0.05) is 12.5 Å². The van der Waals surface area contributed by atoms with E-state index in [0.717, 1.165) is 31.3 Å². The summed E-state index contributed by atoms with van der Waals surface area (Å²) in [6.45, 7) is 11.0. The number of rotatable bonds is 8. The van der Waals surface area contributed by atoms with Crippen LogP contribution in [-0.4, -0.2) is 27.9 Å². The molecule has 0 aliphatic heterocycles. The van der Waals surface area contributed by atoms with E-state index in [1.54, 1.807) is 6.33 Å². The molecule has 0 aliphatic rings. The topological polar surface area (TPSA) is 42.7 Å². The summed E-state index contributed by atoms with van der Waals surface area (Å²) in [5, 5.41) is 7.70. The Balaban J connectivity index is 2.16. The molecule has 0 aromatic carbocycles. The van der Waals surface area contributed by atoms with Crippen LogP contribution in [0.5, 0.6) is 0 Å². The van der Waals surface area contributed by atoms with Crippen LogP contribution in [0.3, 0.4) is 0 Å². The van der Waals surface area contributed by atoms with Crippen LogP contribution in [-0.2, 0) is 6.42 Å². The van der Waals surface area contributed by atoms with Crippen molar-refractivity contribution in [3.05, 3.63) is 12.2 Å². The average Bonchev–Trinajstić information content (AvgIpc) is 2.71. The van der Waals surface area contributed by atoms with E-state index in [-0.39, 0.29) is 0 Å². The fourth-order valence-electron chi connectivity index (χ4n) is 1.81. The zero-order valence-electron chi connectivity index (χ0n) is 11.6. The van der Waals surface area contributed by atoms with E-state index < -0.39 is 0 Å². The van der Waals surface area contributed by atoms with Crippen molar-refractivity contribution in [1.82, 2.24) is 20.1 Å². The van der Waals surface area contributed by atoms with Gasteiger partial charge in [-0.3, -0.25) is 0 Å².